The van der Waals surface area contributed by atoms with Gasteiger partial charge in [-0.3, -0.25) is 4.89 Å². The molecule has 1 aliphatic rings. The monoisotopic (exact) mass is 320 g/mol. The summed E-state index contributed by atoms with van der Waals surface area (Å²) in [5, 5.41) is 11.7. The molecule has 6 nitrogen and oxygen atoms in total. The number of carbonyl (C=O) groups excluding carboxylic acids is 1. The Bertz CT molecular complexity index is 604. The Labute approximate surface area is 136 Å². The summed E-state index contributed by atoms with van der Waals surface area (Å²) in [5.41, 5.74) is 6.47. The topological polar surface area (TPSA) is 94.1 Å². The summed E-state index contributed by atoms with van der Waals surface area (Å²) in [6.45, 7) is 7.76. The van der Waals surface area contributed by atoms with Crippen LogP contribution in [0.1, 0.15) is 51.7 Å². The van der Waals surface area contributed by atoms with Crippen LogP contribution in [-0.4, -0.2) is 17.0 Å². The lowest BCUT2D eigenvalue weighted by molar-refractivity contribution is -0.380. The molecule has 1 aromatic carbocycles. The fourth-order valence-electron chi connectivity index (χ4n) is 3.29. The van der Waals surface area contributed by atoms with E-state index in [0.29, 0.717) is 5.56 Å². The number of benzene rings is 1. The van der Waals surface area contributed by atoms with Crippen LogP contribution in [0.2, 0.25) is 0 Å². The molecule has 0 spiro atoms. The van der Waals surface area contributed by atoms with Crippen molar-refractivity contribution in [2.45, 2.75) is 46.1 Å². The highest BCUT2D eigenvalue weighted by molar-refractivity contribution is 5.97. The van der Waals surface area contributed by atoms with E-state index in [0.717, 1.165) is 18.4 Å². The Balaban J connectivity index is 2.36. The van der Waals surface area contributed by atoms with Crippen molar-refractivity contribution >= 4 is 11.8 Å². The molecule has 0 bridgehead atoms. The summed E-state index contributed by atoms with van der Waals surface area (Å²) in [6.07, 6.45) is 1.76. The number of carbonyl (C=O) groups is 1. The smallest absolute Gasteiger partial charge is 0.339 e. The fraction of sp³-hybridized carbons (Fsp3) is 0.529. The van der Waals surface area contributed by atoms with Crippen LogP contribution in [0.4, 0.5) is 0 Å². The summed E-state index contributed by atoms with van der Waals surface area (Å²) in [4.78, 5) is 21.7. The predicted molar refractivity (Wildman–Crippen MR) is 85.7 cm³/mol. The highest BCUT2D eigenvalue weighted by Gasteiger charge is 2.56. The minimum absolute atomic E-state index is 0.00263. The molecule has 0 saturated heterocycles. The van der Waals surface area contributed by atoms with Crippen LogP contribution in [0.3, 0.4) is 0 Å². The molecule has 23 heavy (non-hydrogen) atoms. The van der Waals surface area contributed by atoms with Gasteiger partial charge in [-0.2, -0.15) is 4.89 Å². The molecule has 0 aliphatic heterocycles. The average Bonchev–Trinajstić information content (AvgIpc) is 2.44. The van der Waals surface area contributed by atoms with Crippen molar-refractivity contribution in [1.82, 2.24) is 0 Å². The highest BCUT2D eigenvalue weighted by Crippen LogP contribution is 2.57. The number of hydrogen-bond acceptors (Lipinski definition) is 5. The van der Waals surface area contributed by atoms with Gasteiger partial charge >= 0.3 is 5.97 Å². The van der Waals surface area contributed by atoms with Gasteiger partial charge < -0.3 is 10.9 Å². The molecule has 1 aliphatic carbocycles. The van der Waals surface area contributed by atoms with Crippen molar-refractivity contribution in [1.29, 1.82) is 0 Å². The molecule has 2 unspecified atom stereocenters. The van der Waals surface area contributed by atoms with E-state index in [9.17, 15) is 4.79 Å². The zero-order chi connectivity index (χ0) is 17.3. The lowest BCUT2D eigenvalue weighted by atomic mass is 9.56. The summed E-state index contributed by atoms with van der Waals surface area (Å²) < 4.78 is 0. The van der Waals surface area contributed by atoms with Gasteiger partial charge in [-0.25, -0.2) is 4.79 Å². The van der Waals surface area contributed by atoms with Gasteiger partial charge in [-0.1, -0.05) is 50.2 Å². The molecular weight excluding hydrogens is 296 g/mol. The quantitative estimate of drug-likeness (QED) is 0.292. The van der Waals surface area contributed by atoms with E-state index in [4.69, 9.17) is 20.7 Å². The molecule has 2 atom stereocenters. The van der Waals surface area contributed by atoms with E-state index in [2.05, 4.69) is 25.9 Å². The molecular formula is C17H24N2O4. The van der Waals surface area contributed by atoms with E-state index in [1.807, 2.05) is 12.1 Å². The van der Waals surface area contributed by atoms with Crippen LogP contribution in [0, 0.1) is 11.3 Å². The molecule has 6 heteroatoms. The average molecular weight is 320 g/mol. The van der Waals surface area contributed by atoms with Crippen LogP contribution in [0.25, 0.3) is 0 Å². The molecule has 0 heterocycles. The fourth-order valence-corrected chi connectivity index (χ4v) is 3.29. The zero-order valence-electron chi connectivity index (χ0n) is 14.0. The number of rotatable bonds is 4. The molecule has 0 aromatic heterocycles. The summed E-state index contributed by atoms with van der Waals surface area (Å²) >= 11 is 0. The van der Waals surface area contributed by atoms with E-state index in [-0.39, 0.29) is 17.2 Å². The van der Waals surface area contributed by atoms with Gasteiger partial charge in [0.2, 0.25) is 0 Å². The van der Waals surface area contributed by atoms with Crippen molar-refractivity contribution in [3.05, 3.63) is 35.4 Å². The second-order valence-electron chi connectivity index (χ2n) is 7.07. The van der Waals surface area contributed by atoms with Gasteiger partial charge in [0.15, 0.2) is 5.84 Å². The molecule has 0 amide bonds. The molecule has 1 fully saturated rings. The normalized spacial score (nSPS) is 24.9. The first kappa shape index (κ1) is 17.3. The maximum atomic E-state index is 11.2. The van der Waals surface area contributed by atoms with Gasteiger partial charge in [0, 0.05) is 18.4 Å². The predicted octanol–water partition coefficient (Wildman–Crippen LogP) is 2.93. The first-order valence-electron chi connectivity index (χ1n) is 7.65. The molecule has 0 radical (unpaired) electrons. The van der Waals surface area contributed by atoms with Crippen molar-refractivity contribution < 1.29 is 19.8 Å². The molecule has 3 N–H and O–H groups in total. The van der Waals surface area contributed by atoms with E-state index >= 15 is 0 Å². The van der Waals surface area contributed by atoms with Crippen molar-refractivity contribution in [3.8, 4) is 0 Å². The van der Waals surface area contributed by atoms with E-state index in [1.165, 1.54) is 6.92 Å². The number of nitrogens with two attached hydrogens (primary N) is 1. The summed E-state index contributed by atoms with van der Waals surface area (Å²) in [6, 6.07) is 7.27. The van der Waals surface area contributed by atoms with Crippen molar-refractivity contribution in [3.63, 3.8) is 0 Å². The van der Waals surface area contributed by atoms with Crippen LogP contribution in [0.15, 0.2) is 29.4 Å². The van der Waals surface area contributed by atoms with Crippen LogP contribution in [0.5, 0.6) is 0 Å². The van der Waals surface area contributed by atoms with Crippen LogP contribution < -0.4 is 5.73 Å². The van der Waals surface area contributed by atoms with Crippen LogP contribution >= 0.6 is 0 Å². The minimum Gasteiger partial charge on any atom is -0.409 e. The molecule has 1 aromatic rings. The standard InChI is InChI=1S/C17H24N2O4/c1-11(20)22-23-17(10-9-14(17)16(2,3)4)13-7-5-12(6-8-13)15(18)19-21/h5-8,14,21H,9-10H2,1-4H3,(H2,18,19). The first-order valence-corrected chi connectivity index (χ1v) is 7.65. The second-order valence-corrected chi connectivity index (χ2v) is 7.07. The maximum absolute atomic E-state index is 11.2. The SMILES string of the molecule is CC(=O)OOC1(c2ccc(C(N)=NO)cc2)CCC1C(C)(C)C. The molecule has 126 valence electrons. The molecule has 1 saturated carbocycles. The Kier molecular flexibility index (Phi) is 4.66. The Hall–Kier alpha value is -2.08. The largest absolute Gasteiger partial charge is 0.409 e. The third-order valence-corrected chi connectivity index (χ3v) is 4.50. The second kappa shape index (κ2) is 6.20. The summed E-state index contributed by atoms with van der Waals surface area (Å²) in [7, 11) is 0. The molecule has 2 rings (SSSR count). The van der Waals surface area contributed by atoms with Gasteiger partial charge in [-0.05, 0) is 23.8 Å². The Morgan fingerprint density at radius 3 is 2.35 bits per heavy atom. The third-order valence-electron chi connectivity index (χ3n) is 4.50. The maximum Gasteiger partial charge on any atom is 0.339 e. The minimum atomic E-state index is -0.659. The van der Waals surface area contributed by atoms with E-state index < -0.39 is 11.6 Å². The number of nitrogens with zero attached hydrogens (tertiary/aromatic N) is 1. The van der Waals surface area contributed by atoms with Gasteiger partial charge in [-0.15, -0.1) is 0 Å². The van der Waals surface area contributed by atoms with E-state index in [1.54, 1.807) is 12.1 Å². The third kappa shape index (κ3) is 3.32. The Morgan fingerprint density at radius 1 is 1.35 bits per heavy atom. The van der Waals surface area contributed by atoms with Gasteiger partial charge in [0.1, 0.15) is 5.60 Å². The van der Waals surface area contributed by atoms with Crippen LogP contribution in [-0.2, 0) is 20.2 Å². The van der Waals surface area contributed by atoms with Crippen molar-refractivity contribution in [2.24, 2.45) is 22.2 Å². The Morgan fingerprint density at radius 2 is 1.96 bits per heavy atom. The lowest BCUT2D eigenvalue weighted by Crippen LogP contribution is -2.52. The lowest BCUT2D eigenvalue weighted by Gasteiger charge is -2.53. The van der Waals surface area contributed by atoms with Gasteiger partial charge in [0.25, 0.3) is 0 Å². The summed E-state index contributed by atoms with van der Waals surface area (Å²) in [5.74, 6) is -0.214. The van der Waals surface area contributed by atoms with Crippen molar-refractivity contribution in [2.75, 3.05) is 0 Å². The number of amidine groups is 1. The van der Waals surface area contributed by atoms with Gasteiger partial charge in [0.05, 0.1) is 0 Å². The number of oxime groups is 1. The zero-order valence-corrected chi connectivity index (χ0v) is 14.0. The number of hydrogen-bond donors (Lipinski definition) is 2. The highest BCUT2D eigenvalue weighted by atomic mass is 17.2. The first-order chi connectivity index (χ1) is 10.7.